The Kier molecular flexibility index (Phi) is 13.6. The van der Waals surface area contributed by atoms with Gasteiger partial charge in [0.2, 0.25) is 0 Å². The molecule has 6 rings (SSSR count). The van der Waals surface area contributed by atoms with Gasteiger partial charge >= 0.3 is 11.9 Å². The molecule has 0 saturated carbocycles. The zero-order valence-electron chi connectivity index (χ0n) is 33.5. The van der Waals surface area contributed by atoms with Crippen molar-refractivity contribution in [1.29, 1.82) is 0 Å². The van der Waals surface area contributed by atoms with Crippen LogP contribution in [-0.4, -0.2) is 53.0 Å². The molecule has 4 atom stereocenters. The van der Waals surface area contributed by atoms with Crippen molar-refractivity contribution in [1.82, 2.24) is 0 Å². The molecule has 6 nitrogen and oxygen atoms in total. The average Bonchev–Trinajstić information content (AvgIpc) is 3.81. The summed E-state index contributed by atoms with van der Waals surface area (Å²) in [5.74, 6) is -0.214. The van der Waals surface area contributed by atoms with Gasteiger partial charge in [-0.2, -0.15) is 0 Å². The second-order valence-corrected chi connectivity index (χ2v) is 25.1. The maximum atomic E-state index is 11.7. The van der Waals surface area contributed by atoms with Crippen LogP contribution in [0.25, 0.3) is 0 Å². The van der Waals surface area contributed by atoms with Crippen LogP contribution in [-0.2, 0) is 27.9 Å². The molecule has 0 aliphatic carbocycles. The molecule has 0 amide bonds. The molecule has 4 aromatic rings. The van der Waals surface area contributed by atoms with Gasteiger partial charge in [-0.15, -0.1) is 0 Å². The summed E-state index contributed by atoms with van der Waals surface area (Å²) in [6, 6.07) is 42.4. The predicted molar refractivity (Wildman–Crippen MR) is 224 cm³/mol. The molecule has 2 saturated heterocycles. The lowest BCUT2D eigenvalue weighted by Gasteiger charge is -2.45. The van der Waals surface area contributed by atoms with Gasteiger partial charge in [0.05, 0.1) is 12.2 Å². The molecule has 0 bridgehead atoms. The molecular weight excluding hydrogens is 705 g/mol. The monoisotopic (exact) mass is 764 g/mol. The summed E-state index contributed by atoms with van der Waals surface area (Å²) in [6.45, 7) is 17.9. The first kappa shape index (κ1) is 41.3. The van der Waals surface area contributed by atoms with E-state index in [2.05, 4.69) is 152 Å². The van der Waals surface area contributed by atoms with Gasteiger partial charge < -0.3 is 18.3 Å². The van der Waals surface area contributed by atoms with Crippen molar-refractivity contribution in [3.05, 3.63) is 121 Å². The van der Waals surface area contributed by atoms with Crippen molar-refractivity contribution in [2.75, 3.05) is 0 Å². The topological polar surface area (TPSA) is 71.1 Å². The molecule has 4 aromatic carbocycles. The van der Waals surface area contributed by atoms with Gasteiger partial charge in [0.1, 0.15) is 12.2 Å². The quantitative estimate of drug-likeness (QED) is 0.107. The SMILES string of the molecule is CC[C@@H](O[Si](c1ccccc1)(c1ccccc1)C(C)(C)C)[C@@H]1CCC(=O)O1.CC[C@H](O[Si](c1ccccc1)(c1ccccc1)C(C)(C)C)[C@@H]1CCC(=O)O1. The number of hydrogen-bond donors (Lipinski definition) is 0. The second-order valence-electron chi connectivity index (χ2n) is 16.6. The van der Waals surface area contributed by atoms with Crippen LogP contribution < -0.4 is 20.7 Å². The number of cyclic esters (lactones) is 2. The molecule has 2 aliphatic heterocycles. The number of rotatable bonds is 12. The largest absolute Gasteiger partial charge is 0.460 e. The summed E-state index contributed by atoms with van der Waals surface area (Å²) in [6.07, 6.45) is 3.63. The van der Waals surface area contributed by atoms with Crippen LogP contribution in [0.15, 0.2) is 121 Å². The first-order chi connectivity index (χ1) is 25.8. The highest BCUT2D eigenvalue weighted by atomic mass is 28.4. The molecular formula is C46H60O6Si2. The summed E-state index contributed by atoms with van der Waals surface area (Å²) in [7, 11) is -5.23. The molecule has 288 valence electrons. The van der Waals surface area contributed by atoms with Crippen LogP contribution in [0.3, 0.4) is 0 Å². The maximum Gasteiger partial charge on any atom is 0.306 e. The lowest BCUT2D eigenvalue weighted by molar-refractivity contribution is -0.145. The number of carbonyl (C=O) groups excluding carboxylic acids is 2. The van der Waals surface area contributed by atoms with Gasteiger partial charge in [0, 0.05) is 12.8 Å². The Hall–Kier alpha value is -3.83. The summed E-state index contributed by atoms with van der Waals surface area (Å²) in [5, 5.41) is 4.87. The fourth-order valence-corrected chi connectivity index (χ4v) is 17.9. The van der Waals surface area contributed by atoms with Crippen molar-refractivity contribution in [2.45, 2.75) is 128 Å². The zero-order chi connectivity index (χ0) is 39.0. The third-order valence-corrected chi connectivity index (χ3v) is 21.1. The van der Waals surface area contributed by atoms with Crippen LogP contribution >= 0.6 is 0 Å². The van der Waals surface area contributed by atoms with E-state index in [0.717, 1.165) is 25.7 Å². The second kappa shape index (κ2) is 17.8. The van der Waals surface area contributed by atoms with E-state index in [4.69, 9.17) is 18.3 Å². The maximum absolute atomic E-state index is 11.7. The van der Waals surface area contributed by atoms with Crippen molar-refractivity contribution in [2.24, 2.45) is 0 Å². The van der Waals surface area contributed by atoms with E-state index in [1.807, 2.05) is 24.3 Å². The van der Waals surface area contributed by atoms with E-state index in [1.165, 1.54) is 20.7 Å². The average molecular weight is 765 g/mol. The number of benzene rings is 4. The van der Waals surface area contributed by atoms with E-state index < -0.39 is 16.6 Å². The molecule has 2 fully saturated rings. The Morgan fingerprint density at radius 2 is 0.778 bits per heavy atom. The molecule has 0 aromatic heterocycles. The highest BCUT2D eigenvalue weighted by Gasteiger charge is 2.54. The number of ether oxygens (including phenoxy) is 2. The van der Waals surface area contributed by atoms with Gasteiger partial charge in [0.15, 0.2) is 0 Å². The third-order valence-electron chi connectivity index (χ3n) is 11.0. The zero-order valence-corrected chi connectivity index (χ0v) is 35.5. The lowest BCUT2D eigenvalue weighted by atomic mass is 10.1. The van der Waals surface area contributed by atoms with E-state index in [-0.39, 0.29) is 46.4 Å². The van der Waals surface area contributed by atoms with Crippen LogP contribution in [0.4, 0.5) is 0 Å². The first-order valence-corrected chi connectivity index (χ1v) is 23.5. The summed E-state index contributed by atoms with van der Waals surface area (Å²) < 4.78 is 25.4. The minimum absolute atomic E-state index is 0.0776. The summed E-state index contributed by atoms with van der Waals surface area (Å²) in [5.41, 5.74) is 0. The Morgan fingerprint density at radius 1 is 0.519 bits per heavy atom. The fraction of sp³-hybridized carbons (Fsp3) is 0.435. The first-order valence-electron chi connectivity index (χ1n) is 19.7. The van der Waals surface area contributed by atoms with E-state index in [9.17, 15) is 9.59 Å². The molecule has 0 radical (unpaired) electrons. The Balaban J connectivity index is 0.000000208. The lowest BCUT2D eigenvalue weighted by Crippen LogP contribution is -2.68. The highest BCUT2D eigenvalue weighted by Crippen LogP contribution is 2.40. The highest BCUT2D eigenvalue weighted by molar-refractivity contribution is 7.00. The Bertz CT molecular complexity index is 1560. The number of esters is 2. The number of carbonyl (C=O) groups is 2. The van der Waals surface area contributed by atoms with Gasteiger partial charge in [0.25, 0.3) is 16.6 Å². The van der Waals surface area contributed by atoms with Crippen molar-refractivity contribution in [3.8, 4) is 0 Å². The van der Waals surface area contributed by atoms with Gasteiger partial charge in [-0.3, -0.25) is 9.59 Å². The third kappa shape index (κ3) is 8.83. The minimum atomic E-state index is -2.61. The van der Waals surface area contributed by atoms with Crippen LogP contribution in [0.1, 0.15) is 93.9 Å². The smallest absolute Gasteiger partial charge is 0.306 e. The van der Waals surface area contributed by atoms with Crippen molar-refractivity contribution < 1.29 is 27.9 Å². The van der Waals surface area contributed by atoms with E-state index in [1.54, 1.807) is 0 Å². The van der Waals surface area contributed by atoms with Crippen molar-refractivity contribution >= 4 is 49.3 Å². The molecule has 0 N–H and O–H groups in total. The molecule has 0 spiro atoms. The van der Waals surface area contributed by atoms with Gasteiger partial charge in [-0.05, 0) is 56.5 Å². The standard InChI is InChI=1S/2C23H30O3Si/c2*1-5-20(21-16-17-22(24)25-21)26-27(23(2,3)4,18-12-8-6-9-13-18)19-14-10-7-11-15-19/h2*6-15,20-21H,5,16-17H2,1-4H3/t20-,21+;20-,21-/m10/s1. The summed E-state index contributed by atoms with van der Waals surface area (Å²) in [4.78, 5) is 23.4. The van der Waals surface area contributed by atoms with E-state index >= 15 is 0 Å². The van der Waals surface area contributed by atoms with E-state index in [0.29, 0.717) is 12.8 Å². The van der Waals surface area contributed by atoms with Gasteiger partial charge in [-0.25, -0.2) is 0 Å². The molecule has 2 aliphatic rings. The fourth-order valence-electron chi connectivity index (χ4n) is 8.30. The van der Waals surface area contributed by atoms with Crippen LogP contribution in [0.5, 0.6) is 0 Å². The normalized spacial score (nSPS) is 19.0. The minimum Gasteiger partial charge on any atom is -0.460 e. The molecule has 0 unspecified atom stereocenters. The summed E-state index contributed by atoms with van der Waals surface area (Å²) >= 11 is 0. The van der Waals surface area contributed by atoms with Gasteiger partial charge in [-0.1, -0.05) is 177 Å². The van der Waals surface area contributed by atoms with Crippen LogP contribution in [0, 0.1) is 0 Å². The van der Waals surface area contributed by atoms with Crippen molar-refractivity contribution in [3.63, 3.8) is 0 Å². The molecule has 54 heavy (non-hydrogen) atoms. The Labute approximate surface area is 325 Å². The predicted octanol–water partition coefficient (Wildman–Crippen LogP) is 8.09. The molecule has 2 heterocycles. The molecule has 8 heteroatoms. The number of hydrogen-bond acceptors (Lipinski definition) is 6. The Morgan fingerprint density at radius 3 is 0.963 bits per heavy atom. The van der Waals surface area contributed by atoms with Crippen LogP contribution in [0.2, 0.25) is 10.1 Å².